The van der Waals surface area contributed by atoms with Crippen LogP contribution in [0.4, 0.5) is 0 Å². The molecular weight excluding hydrogens is 278 g/mol. The van der Waals surface area contributed by atoms with Gasteiger partial charge in [0.2, 0.25) is 0 Å². The number of rotatable bonds is 5. The minimum absolute atomic E-state index is 0.124. The minimum Gasteiger partial charge on any atom is -0.508 e. The summed E-state index contributed by atoms with van der Waals surface area (Å²) in [6, 6.07) is 8.04. The van der Waals surface area contributed by atoms with E-state index in [1.165, 1.54) is 0 Å². The third-order valence-electron chi connectivity index (χ3n) is 4.94. The molecule has 0 spiro atoms. The van der Waals surface area contributed by atoms with E-state index in [4.69, 9.17) is 4.74 Å². The first-order chi connectivity index (χ1) is 10.7. The largest absolute Gasteiger partial charge is 0.508 e. The van der Waals surface area contributed by atoms with Crippen LogP contribution < -0.4 is 0 Å². The summed E-state index contributed by atoms with van der Waals surface area (Å²) in [4.78, 5) is 2.50. The van der Waals surface area contributed by atoms with Gasteiger partial charge >= 0.3 is 0 Å². The van der Waals surface area contributed by atoms with E-state index in [0.717, 1.165) is 63.8 Å². The van der Waals surface area contributed by atoms with Crippen molar-refractivity contribution in [2.45, 2.75) is 63.3 Å². The summed E-state index contributed by atoms with van der Waals surface area (Å²) in [7, 11) is 0. The summed E-state index contributed by atoms with van der Waals surface area (Å²) >= 11 is 0. The fraction of sp³-hybridized carbons (Fsp3) is 0.667. The lowest BCUT2D eigenvalue weighted by Crippen LogP contribution is -2.42. The number of benzene rings is 1. The molecule has 1 saturated carbocycles. The van der Waals surface area contributed by atoms with Crippen molar-refractivity contribution in [1.29, 1.82) is 0 Å². The van der Waals surface area contributed by atoms with E-state index in [1.807, 2.05) is 12.1 Å². The minimum atomic E-state index is -0.124. The van der Waals surface area contributed by atoms with Gasteiger partial charge in [0.15, 0.2) is 0 Å². The van der Waals surface area contributed by atoms with Gasteiger partial charge in [0.05, 0.1) is 12.2 Å². The van der Waals surface area contributed by atoms with Crippen LogP contribution in [0, 0.1) is 0 Å². The molecule has 1 saturated heterocycles. The lowest BCUT2D eigenvalue weighted by Gasteiger charge is -2.37. The number of aliphatic hydroxyl groups is 1. The lowest BCUT2D eigenvalue weighted by atomic mass is 9.91. The normalized spacial score (nSPS) is 29.1. The number of hydrogen-bond donors (Lipinski definition) is 2. The van der Waals surface area contributed by atoms with Crippen LogP contribution in [-0.2, 0) is 11.3 Å². The number of phenols is 1. The molecule has 4 heteroatoms. The van der Waals surface area contributed by atoms with Gasteiger partial charge in [-0.3, -0.25) is 4.90 Å². The van der Waals surface area contributed by atoms with Gasteiger partial charge in [-0.25, -0.2) is 0 Å². The van der Waals surface area contributed by atoms with Crippen molar-refractivity contribution in [3.05, 3.63) is 29.8 Å². The summed E-state index contributed by atoms with van der Waals surface area (Å²) in [5.41, 5.74) is 1.14. The van der Waals surface area contributed by atoms with Gasteiger partial charge in [-0.1, -0.05) is 12.1 Å². The number of ether oxygens (including phenoxy) is 1. The van der Waals surface area contributed by atoms with E-state index in [-0.39, 0.29) is 6.10 Å². The predicted octanol–water partition coefficient (Wildman–Crippen LogP) is 2.68. The van der Waals surface area contributed by atoms with Crippen molar-refractivity contribution in [1.82, 2.24) is 4.90 Å². The first kappa shape index (κ1) is 15.8. The Morgan fingerprint density at radius 2 is 1.95 bits per heavy atom. The summed E-state index contributed by atoms with van der Waals surface area (Å²) < 4.78 is 5.82. The average Bonchev–Trinajstić information content (AvgIpc) is 3.00. The number of nitrogens with zero attached hydrogens (tertiary/aromatic N) is 1. The summed E-state index contributed by atoms with van der Waals surface area (Å²) in [5.74, 6) is 0.327. The van der Waals surface area contributed by atoms with Crippen molar-refractivity contribution in [2.24, 2.45) is 0 Å². The summed E-state index contributed by atoms with van der Waals surface area (Å²) in [6.07, 6.45) is 6.41. The van der Waals surface area contributed by atoms with E-state index >= 15 is 0 Å². The van der Waals surface area contributed by atoms with E-state index in [2.05, 4.69) is 11.0 Å². The number of hydrogen-bond acceptors (Lipinski definition) is 4. The lowest BCUT2D eigenvalue weighted by molar-refractivity contribution is 0.0267. The molecule has 1 heterocycles. The van der Waals surface area contributed by atoms with Crippen molar-refractivity contribution >= 4 is 0 Å². The van der Waals surface area contributed by atoms with Crippen molar-refractivity contribution in [3.8, 4) is 5.75 Å². The Kier molecular flexibility index (Phi) is 5.34. The van der Waals surface area contributed by atoms with Crippen LogP contribution in [0.2, 0.25) is 0 Å². The van der Waals surface area contributed by atoms with E-state index in [0.29, 0.717) is 17.9 Å². The molecule has 2 fully saturated rings. The molecule has 0 aromatic heterocycles. The molecule has 4 nitrogen and oxygen atoms in total. The quantitative estimate of drug-likeness (QED) is 0.878. The molecule has 2 N–H and O–H groups in total. The topological polar surface area (TPSA) is 52.9 Å². The first-order valence-electron chi connectivity index (χ1n) is 8.52. The van der Waals surface area contributed by atoms with Crippen LogP contribution in [0.15, 0.2) is 24.3 Å². The Balaban J connectivity index is 1.67. The van der Waals surface area contributed by atoms with Gasteiger partial charge in [-0.05, 0) is 56.2 Å². The van der Waals surface area contributed by atoms with Crippen molar-refractivity contribution < 1.29 is 14.9 Å². The Morgan fingerprint density at radius 3 is 2.64 bits per heavy atom. The Morgan fingerprint density at radius 1 is 1.14 bits per heavy atom. The first-order valence-corrected chi connectivity index (χ1v) is 8.52. The molecule has 122 valence electrons. The van der Waals surface area contributed by atoms with E-state index in [9.17, 15) is 10.2 Å². The maximum absolute atomic E-state index is 9.74. The smallest absolute Gasteiger partial charge is 0.115 e. The van der Waals surface area contributed by atoms with Gasteiger partial charge in [-0.15, -0.1) is 0 Å². The highest BCUT2D eigenvalue weighted by Gasteiger charge is 2.28. The fourth-order valence-corrected chi connectivity index (χ4v) is 3.71. The Labute approximate surface area is 132 Å². The molecule has 0 amide bonds. The molecule has 1 unspecified atom stereocenters. The molecule has 1 aromatic carbocycles. The zero-order chi connectivity index (χ0) is 15.4. The molecular formula is C18H27NO3. The van der Waals surface area contributed by atoms with Crippen LogP contribution in [0.5, 0.6) is 5.75 Å². The van der Waals surface area contributed by atoms with Gasteiger partial charge in [-0.2, -0.15) is 0 Å². The van der Waals surface area contributed by atoms with Gasteiger partial charge in [0, 0.05) is 25.7 Å². The highest BCUT2D eigenvalue weighted by Crippen LogP contribution is 2.27. The molecule has 0 radical (unpaired) electrons. The second-order valence-electron chi connectivity index (χ2n) is 6.70. The van der Waals surface area contributed by atoms with Crippen molar-refractivity contribution in [3.63, 3.8) is 0 Å². The van der Waals surface area contributed by atoms with Crippen LogP contribution in [0.1, 0.15) is 44.1 Å². The van der Waals surface area contributed by atoms with Crippen LogP contribution in [0.3, 0.4) is 0 Å². The molecule has 1 aliphatic heterocycles. The average molecular weight is 305 g/mol. The number of phenolic OH excluding ortho intramolecular Hbond substituents is 1. The monoisotopic (exact) mass is 305 g/mol. The third kappa shape index (κ3) is 4.22. The molecule has 3 rings (SSSR count). The second-order valence-corrected chi connectivity index (χ2v) is 6.70. The molecule has 0 bridgehead atoms. The zero-order valence-electron chi connectivity index (χ0n) is 13.2. The highest BCUT2D eigenvalue weighted by molar-refractivity contribution is 5.27. The predicted molar refractivity (Wildman–Crippen MR) is 85.8 cm³/mol. The molecule has 1 atom stereocenters. The van der Waals surface area contributed by atoms with Gasteiger partial charge in [0.25, 0.3) is 0 Å². The van der Waals surface area contributed by atoms with Gasteiger partial charge < -0.3 is 14.9 Å². The zero-order valence-corrected chi connectivity index (χ0v) is 13.2. The summed E-state index contributed by atoms with van der Waals surface area (Å²) in [5, 5.41) is 19.4. The van der Waals surface area contributed by atoms with E-state index < -0.39 is 0 Å². The molecule has 22 heavy (non-hydrogen) atoms. The second kappa shape index (κ2) is 7.44. The third-order valence-corrected chi connectivity index (χ3v) is 4.94. The van der Waals surface area contributed by atoms with E-state index in [1.54, 1.807) is 6.07 Å². The highest BCUT2D eigenvalue weighted by atomic mass is 16.5. The Bertz CT molecular complexity index is 465. The van der Waals surface area contributed by atoms with Crippen LogP contribution in [0.25, 0.3) is 0 Å². The van der Waals surface area contributed by atoms with Crippen molar-refractivity contribution in [2.75, 3.05) is 13.2 Å². The maximum atomic E-state index is 9.74. The van der Waals surface area contributed by atoms with Crippen LogP contribution >= 0.6 is 0 Å². The number of aliphatic hydroxyl groups excluding tert-OH is 1. The maximum Gasteiger partial charge on any atom is 0.115 e. The SMILES string of the molecule is Oc1cccc(CN(CC2CCCO2)C2CCC(O)CC2)c1. The molecule has 1 aromatic rings. The molecule has 1 aliphatic carbocycles. The molecule has 2 aliphatic rings. The standard InChI is InChI=1S/C18H27NO3/c20-16-8-6-15(7-9-16)19(13-18-5-2-10-22-18)12-14-3-1-4-17(21)11-14/h1,3-4,11,15-16,18,20-21H,2,5-10,12-13H2. The fourth-order valence-electron chi connectivity index (χ4n) is 3.71. The number of aromatic hydroxyl groups is 1. The Hall–Kier alpha value is -1.10. The van der Waals surface area contributed by atoms with Crippen LogP contribution in [-0.4, -0.2) is 46.5 Å². The summed E-state index contributed by atoms with van der Waals surface area (Å²) in [6.45, 7) is 2.68. The van der Waals surface area contributed by atoms with Gasteiger partial charge in [0.1, 0.15) is 5.75 Å².